The molecule has 2 fully saturated rings. The smallest absolute Gasteiger partial charge is 0.293 e. The van der Waals surface area contributed by atoms with Gasteiger partial charge in [-0.05, 0) is 91.3 Å². The zero-order chi connectivity index (χ0) is 43.6. The monoisotopic (exact) mass is 883 g/mol. The van der Waals surface area contributed by atoms with Crippen LogP contribution in [0.25, 0.3) is 16.6 Å². The van der Waals surface area contributed by atoms with Gasteiger partial charge in [-0.25, -0.2) is 18.1 Å². The van der Waals surface area contributed by atoms with Crippen molar-refractivity contribution in [1.29, 1.82) is 0 Å². The maximum absolute atomic E-state index is 13.9. The highest BCUT2D eigenvalue weighted by Crippen LogP contribution is 2.44. The summed E-state index contributed by atoms with van der Waals surface area (Å²) < 4.78 is 46.8. The van der Waals surface area contributed by atoms with Crippen LogP contribution in [0.1, 0.15) is 56.0 Å². The van der Waals surface area contributed by atoms with Crippen molar-refractivity contribution in [2.24, 2.45) is 5.41 Å². The third-order valence-corrected chi connectivity index (χ3v) is 13.4. The maximum Gasteiger partial charge on any atom is 0.293 e. The lowest BCUT2D eigenvalue weighted by Gasteiger charge is -2.43. The molecular formula is C45H50ClN7O8S. The Kier molecular flexibility index (Phi) is 12.6. The number of benzene rings is 3. The first-order valence-electron chi connectivity index (χ1n) is 20.7. The van der Waals surface area contributed by atoms with E-state index >= 15 is 0 Å². The molecule has 1 aliphatic carbocycles. The quantitative estimate of drug-likeness (QED) is 0.0766. The van der Waals surface area contributed by atoms with Crippen molar-refractivity contribution >= 4 is 61.2 Å². The third-order valence-electron chi connectivity index (χ3n) is 11.8. The fourth-order valence-electron chi connectivity index (χ4n) is 8.35. The van der Waals surface area contributed by atoms with Gasteiger partial charge in [-0.1, -0.05) is 43.2 Å². The molecule has 0 unspecified atom stereocenters. The van der Waals surface area contributed by atoms with Crippen LogP contribution >= 0.6 is 11.6 Å². The molecule has 2 aliphatic heterocycles. The lowest BCUT2D eigenvalue weighted by atomic mass is 9.72. The number of halogens is 1. The Morgan fingerprint density at radius 1 is 1.08 bits per heavy atom. The number of aromatic nitrogens is 2. The number of nitro groups is 1. The number of rotatable bonds is 13. The molecule has 2 atom stereocenters. The second kappa shape index (κ2) is 18.1. The highest BCUT2D eigenvalue weighted by Gasteiger charge is 2.32. The van der Waals surface area contributed by atoms with Crippen molar-refractivity contribution < 1.29 is 32.3 Å². The van der Waals surface area contributed by atoms with Gasteiger partial charge < -0.3 is 29.4 Å². The molecule has 8 rings (SSSR count). The second-order valence-electron chi connectivity index (χ2n) is 16.9. The number of hydrogen-bond acceptors (Lipinski definition) is 12. The molecule has 326 valence electrons. The van der Waals surface area contributed by atoms with Crippen LogP contribution in [-0.4, -0.2) is 98.8 Å². The Labute approximate surface area is 365 Å². The van der Waals surface area contributed by atoms with Crippen LogP contribution in [0.15, 0.2) is 95.7 Å². The fraction of sp³-hybridized carbons (Fsp3) is 0.378. The van der Waals surface area contributed by atoms with E-state index in [1.807, 2.05) is 18.2 Å². The lowest BCUT2D eigenvalue weighted by Crippen LogP contribution is -2.52. The minimum absolute atomic E-state index is 0.0532. The van der Waals surface area contributed by atoms with Gasteiger partial charge in [-0.15, -0.1) is 0 Å². The SMILES string of the molecule is C[C@H]1CN(c2ccc(C(=O)NS(=O)(=O)c3ccc(NC[C@@H]4COCCO4)c([N+](=O)[O-])c3)c(Oc3cnc4[nH]ccc4c3)c2)CCN1CC1=C(c2ccc(Cl)cc2)CC(C)(C)CC1. The first-order valence-corrected chi connectivity index (χ1v) is 22.6. The first-order chi connectivity index (χ1) is 29.7. The number of amides is 1. The average Bonchev–Trinajstić information content (AvgIpc) is 3.72. The summed E-state index contributed by atoms with van der Waals surface area (Å²) >= 11 is 6.25. The Morgan fingerprint density at radius 3 is 2.66 bits per heavy atom. The molecule has 0 bridgehead atoms. The zero-order valence-electron chi connectivity index (χ0n) is 34.9. The van der Waals surface area contributed by atoms with Crippen LogP contribution in [0.2, 0.25) is 5.02 Å². The summed E-state index contributed by atoms with van der Waals surface area (Å²) in [5, 5.41) is 16.5. The Hall–Kier alpha value is -5.52. The number of pyridine rings is 1. The number of sulfonamides is 1. The molecule has 17 heteroatoms. The van der Waals surface area contributed by atoms with E-state index in [1.165, 1.54) is 41.1 Å². The van der Waals surface area contributed by atoms with Gasteiger partial charge in [0, 0.05) is 73.2 Å². The molecule has 4 heterocycles. The van der Waals surface area contributed by atoms with Crippen molar-refractivity contribution in [2.45, 2.75) is 57.1 Å². The summed E-state index contributed by atoms with van der Waals surface area (Å²) in [6.07, 6.45) is 6.12. The summed E-state index contributed by atoms with van der Waals surface area (Å²) in [4.78, 5) is 37.1. The molecular weight excluding hydrogens is 834 g/mol. The number of nitrogens with one attached hydrogen (secondary N) is 3. The summed E-state index contributed by atoms with van der Waals surface area (Å²) in [5.41, 5.74) is 5.32. The molecule has 5 aromatic rings. The van der Waals surface area contributed by atoms with Crippen molar-refractivity contribution in [3.63, 3.8) is 0 Å². The number of hydrogen-bond donors (Lipinski definition) is 3. The number of carbonyl (C=O) groups excluding carboxylic acids is 1. The van der Waals surface area contributed by atoms with Crippen LogP contribution in [0.5, 0.6) is 11.5 Å². The van der Waals surface area contributed by atoms with Gasteiger partial charge in [0.1, 0.15) is 22.8 Å². The molecule has 3 aliphatic rings. The van der Waals surface area contributed by atoms with Gasteiger partial charge in [0.05, 0.1) is 47.5 Å². The van der Waals surface area contributed by atoms with E-state index in [1.54, 1.807) is 24.4 Å². The van der Waals surface area contributed by atoms with Gasteiger partial charge in [-0.3, -0.25) is 19.8 Å². The number of fused-ring (bicyclic) bond motifs is 1. The van der Waals surface area contributed by atoms with E-state index in [0.29, 0.717) is 44.3 Å². The fourth-order valence-corrected chi connectivity index (χ4v) is 9.46. The molecule has 3 aromatic carbocycles. The molecule has 2 saturated heterocycles. The predicted octanol–water partition coefficient (Wildman–Crippen LogP) is 8.04. The van der Waals surface area contributed by atoms with E-state index in [0.717, 1.165) is 54.5 Å². The van der Waals surface area contributed by atoms with E-state index in [9.17, 15) is 23.3 Å². The van der Waals surface area contributed by atoms with E-state index < -0.39 is 31.4 Å². The molecule has 0 spiro atoms. The molecule has 2 aromatic heterocycles. The number of ether oxygens (including phenoxy) is 3. The summed E-state index contributed by atoms with van der Waals surface area (Å²) in [6.45, 7) is 11.4. The number of piperazine rings is 1. The molecule has 15 nitrogen and oxygen atoms in total. The van der Waals surface area contributed by atoms with E-state index in [2.05, 4.69) is 62.7 Å². The number of allylic oxidation sites excluding steroid dienone is 1. The maximum atomic E-state index is 13.9. The van der Waals surface area contributed by atoms with Crippen molar-refractivity contribution in [2.75, 3.05) is 62.8 Å². The number of H-pyrrole nitrogens is 1. The number of nitro benzene ring substituents is 1. The minimum atomic E-state index is -4.59. The molecule has 0 saturated carbocycles. The average molecular weight is 884 g/mol. The topological polar surface area (TPSA) is 181 Å². The van der Waals surface area contributed by atoms with Crippen molar-refractivity contribution in [3.8, 4) is 11.5 Å². The normalized spacial score (nSPS) is 19.6. The number of anilines is 2. The van der Waals surface area contributed by atoms with Gasteiger partial charge >= 0.3 is 0 Å². The van der Waals surface area contributed by atoms with E-state index in [-0.39, 0.29) is 41.1 Å². The van der Waals surface area contributed by atoms with Crippen molar-refractivity contribution in [1.82, 2.24) is 19.6 Å². The number of nitrogens with zero attached hydrogens (tertiary/aromatic N) is 4. The van der Waals surface area contributed by atoms with E-state index in [4.69, 9.17) is 25.8 Å². The lowest BCUT2D eigenvalue weighted by molar-refractivity contribution is -0.384. The van der Waals surface area contributed by atoms with Crippen molar-refractivity contribution in [3.05, 3.63) is 117 Å². The second-order valence-corrected chi connectivity index (χ2v) is 19.0. The molecule has 62 heavy (non-hydrogen) atoms. The Morgan fingerprint density at radius 2 is 1.90 bits per heavy atom. The van der Waals surface area contributed by atoms with Crippen LogP contribution < -0.4 is 19.7 Å². The minimum Gasteiger partial charge on any atom is -0.455 e. The van der Waals surface area contributed by atoms with Gasteiger partial charge in [-0.2, -0.15) is 0 Å². The van der Waals surface area contributed by atoms with Gasteiger partial charge in [0.15, 0.2) is 0 Å². The largest absolute Gasteiger partial charge is 0.455 e. The summed E-state index contributed by atoms with van der Waals surface area (Å²) in [5.74, 6) is -0.516. The van der Waals surface area contributed by atoms with Crippen LogP contribution in [0.4, 0.5) is 17.1 Å². The van der Waals surface area contributed by atoms with Crippen LogP contribution in [0.3, 0.4) is 0 Å². The Bertz CT molecular complexity index is 2610. The van der Waals surface area contributed by atoms with Gasteiger partial charge in [0.25, 0.3) is 21.6 Å². The third kappa shape index (κ3) is 9.90. The summed E-state index contributed by atoms with van der Waals surface area (Å²) in [6, 6.07) is 20.4. The molecule has 1 amide bonds. The highest BCUT2D eigenvalue weighted by molar-refractivity contribution is 7.90. The number of aromatic amines is 1. The first kappa shape index (κ1) is 43.1. The standard InChI is InChI=1S/C45H50ClN7O8S/c1-29-26-52(17-16-51(29)27-32-12-14-45(2,3)23-39(32)30-4-6-33(46)7-5-30)34-8-10-38(42(21-34)61-35-20-31-13-15-47-43(31)49-24-35)44(54)50-62(57,58)37-9-11-40(41(22-37)53(55)56)48-25-36-28-59-18-19-60-36/h4-11,13,15,20-22,24,29,36,48H,12,14,16-19,23,25-28H2,1-3H3,(H,47,49)(H,50,54)/t29-,36+/m0/s1. The van der Waals surface area contributed by atoms with Gasteiger partial charge in [0.2, 0.25) is 0 Å². The van der Waals surface area contributed by atoms with Crippen LogP contribution in [-0.2, 0) is 19.5 Å². The number of carbonyl (C=O) groups is 1. The van der Waals surface area contributed by atoms with Crippen LogP contribution in [0, 0.1) is 15.5 Å². The molecule has 0 radical (unpaired) electrons. The molecule has 3 N–H and O–H groups in total. The predicted molar refractivity (Wildman–Crippen MR) is 239 cm³/mol. The highest BCUT2D eigenvalue weighted by atomic mass is 35.5. The summed E-state index contributed by atoms with van der Waals surface area (Å²) in [7, 11) is -4.59. The zero-order valence-corrected chi connectivity index (χ0v) is 36.4. The Balaban J connectivity index is 1.02.